The van der Waals surface area contributed by atoms with Gasteiger partial charge in [0.1, 0.15) is 53.6 Å². The van der Waals surface area contributed by atoms with Crippen molar-refractivity contribution in [2.24, 2.45) is 0 Å². The topological polar surface area (TPSA) is 261 Å². The van der Waals surface area contributed by atoms with Crippen molar-refractivity contribution in [2.75, 3.05) is 13.4 Å². The Morgan fingerprint density at radius 2 is 0.928 bits per heavy atom. The van der Waals surface area contributed by atoms with Crippen LogP contribution in [0.4, 0.5) is 0 Å². The Morgan fingerprint density at radius 1 is 0.441 bits per heavy atom. The van der Waals surface area contributed by atoms with Gasteiger partial charge in [-0.3, -0.25) is 8.98 Å². The predicted molar refractivity (Wildman–Crippen MR) is 411 cm³/mol. The number of hydrogen-bond donors (Lipinski definition) is 0. The van der Waals surface area contributed by atoms with E-state index in [0.717, 1.165) is 27.9 Å². The van der Waals surface area contributed by atoms with Crippen LogP contribution in [0.2, 0.25) is 25.7 Å². The Kier molecular flexibility index (Phi) is 29.9. The molecule has 0 amide bonds. The zero-order valence-corrected chi connectivity index (χ0v) is 67.0. The van der Waals surface area contributed by atoms with Crippen molar-refractivity contribution in [3.63, 3.8) is 0 Å². The second-order valence-electron chi connectivity index (χ2n) is 31.1. The van der Waals surface area contributed by atoms with E-state index in [4.69, 9.17) is 89.4 Å². The summed E-state index contributed by atoms with van der Waals surface area (Å²) in [7, 11) is -5.44. The first kappa shape index (κ1) is 83.8. The van der Waals surface area contributed by atoms with Crippen LogP contribution < -0.4 is 9.47 Å². The molecule has 6 saturated heterocycles. The second-order valence-corrected chi connectivity index (χ2v) is 38.3. The Hall–Kier alpha value is -6.64. The monoisotopic (exact) mass is 1570 g/mol. The van der Waals surface area contributed by atoms with E-state index in [0.29, 0.717) is 54.9 Å². The van der Waals surface area contributed by atoms with Gasteiger partial charge in [-0.05, 0) is 137 Å². The first-order valence-electron chi connectivity index (χ1n) is 39.2. The van der Waals surface area contributed by atoms with Crippen LogP contribution in [0, 0.1) is 0 Å². The zero-order valence-electron chi connectivity index (χ0n) is 65.2. The van der Waals surface area contributed by atoms with Gasteiger partial charge in [-0.1, -0.05) is 135 Å². The molecule has 6 aromatic carbocycles. The SMILES string of the molecule is CC(=O)CCC(=O)O[C@H]1CC[C@H](O[C@@H]2C[C@H](O[C@@H]3[C@@H](C)O[C@@H](O[C@H]4CC[C@H](O[C@@H]5[C@@H](C)O[C@@H](O[C@@H]6C[C@H](Oc7ccc(OCOCC[Si](C)(C)C)cc7)O[C@H](C)[C@H]6OC(=O)c6ccccc6)C[C@H]5OCc5ccc6ccccc6c5)O[C@H]4C)C[C@H]3OCc3ccccc3)O[C@H](C)[C@H]2OS(=O)(=O)Cc2ccccc2)O[C@H]1C. The number of carbonyl (C=O) groups excluding carboxylic acids is 3. The highest BCUT2D eigenvalue weighted by Gasteiger charge is 2.50. The highest BCUT2D eigenvalue weighted by atomic mass is 32.2. The molecule has 111 heavy (non-hydrogen) atoms. The van der Waals surface area contributed by atoms with Gasteiger partial charge in [0.15, 0.2) is 44.3 Å². The molecule has 6 aromatic rings. The largest absolute Gasteiger partial charge is 0.468 e. The van der Waals surface area contributed by atoms with Crippen LogP contribution in [0.15, 0.2) is 158 Å². The number of rotatable bonds is 34. The van der Waals surface area contributed by atoms with Crippen molar-refractivity contribution in [2.45, 2.75) is 293 Å². The minimum Gasteiger partial charge on any atom is -0.468 e. The van der Waals surface area contributed by atoms with E-state index in [1.54, 1.807) is 62.4 Å². The molecule has 0 aromatic heterocycles. The van der Waals surface area contributed by atoms with Crippen LogP contribution >= 0.6 is 0 Å². The maximum absolute atomic E-state index is 13.9. The number of carbonyl (C=O) groups is 3. The fourth-order valence-corrected chi connectivity index (χ4v) is 16.9. The molecule has 24 nitrogen and oxygen atoms in total. The summed E-state index contributed by atoms with van der Waals surface area (Å²) in [5.74, 6) is -0.330. The smallest absolute Gasteiger partial charge is 0.338 e. The Morgan fingerprint density at radius 3 is 1.56 bits per heavy atom. The molecule has 0 radical (unpaired) electrons. The van der Waals surface area contributed by atoms with E-state index in [2.05, 4.69) is 50.0 Å². The number of fused-ring (bicyclic) bond motifs is 1. The molecule has 0 N–H and O–H groups in total. The molecule has 604 valence electrons. The molecule has 0 spiro atoms. The summed E-state index contributed by atoms with van der Waals surface area (Å²) in [5, 5.41) is 2.19. The van der Waals surface area contributed by atoms with Gasteiger partial charge in [-0.15, -0.1) is 0 Å². The molecule has 0 unspecified atom stereocenters. The van der Waals surface area contributed by atoms with Crippen molar-refractivity contribution in [1.29, 1.82) is 0 Å². The quantitative estimate of drug-likeness (QED) is 0.0119. The van der Waals surface area contributed by atoms with E-state index in [1.165, 1.54) is 6.92 Å². The fourth-order valence-electron chi connectivity index (χ4n) is 14.8. The lowest BCUT2D eigenvalue weighted by Gasteiger charge is -2.47. The van der Waals surface area contributed by atoms with Crippen molar-refractivity contribution in [3.8, 4) is 11.5 Å². The predicted octanol–water partition coefficient (Wildman–Crippen LogP) is 14.0. The van der Waals surface area contributed by atoms with Gasteiger partial charge in [0, 0.05) is 59.6 Å². The summed E-state index contributed by atoms with van der Waals surface area (Å²) >= 11 is 0. The molecule has 0 aliphatic carbocycles. The van der Waals surface area contributed by atoms with Crippen LogP contribution in [0.25, 0.3) is 10.8 Å². The summed E-state index contributed by atoms with van der Waals surface area (Å²) in [6.07, 6.45) is -13.4. The highest BCUT2D eigenvalue weighted by molar-refractivity contribution is 7.85. The summed E-state index contributed by atoms with van der Waals surface area (Å²) in [6, 6.07) is 50.2. The van der Waals surface area contributed by atoms with Gasteiger partial charge in [-0.25, -0.2) is 4.79 Å². The molecular formula is C85H110O24SSi. The molecule has 0 saturated carbocycles. The number of ketones is 1. The van der Waals surface area contributed by atoms with E-state index >= 15 is 0 Å². The molecule has 6 aliphatic heterocycles. The van der Waals surface area contributed by atoms with Crippen LogP contribution in [-0.2, 0) is 119 Å². The first-order valence-corrected chi connectivity index (χ1v) is 44.5. The molecular weight excluding hydrogens is 1470 g/mol. The molecule has 26 heteroatoms. The molecule has 6 fully saturated rings. The Bertz CT molecular complexity index is 4010. The average Bonchev–Trinajstić information content (AvgIpc) is 0.797. The second kappa shape index (κ2) is 39.6. The molecule has 6 aliphatic rings. The van der Waals surface area contributed by atoms with E-state index in [-0.39, 0.29) is 70.1 Å². The molecule has 0 bridgehead atoms. The van der Waals surface area contributed by atoms with Gasteiger partial charge in [0.2, 0.25) is 6.29 Å². The average molecular weight is 1580 g/mol. The van der Waals surface area contributed by atoms with Crippen molar-refractivity contribution in [3.05, 3.63) is 180 Å². The lowest BCUT2D eigenvalue weighted by Crippen LogP contribution is -2.57. The Balaban J connectivity index is 0.705. The van der Waals surface area contributed by atoms with Gasteiger partial charge in [-0.2, -0.15) is 8.42 Å². The number of benzene rings is 6. The Labute approximate surface area is 653 Å². The minimum absolute atomic E-state index is 0.0322. The normalized spacial score (nSPS) is 31.4. The first-order chi connectivity index (χ1) is 53.4. The van der Waals surface area contributed by atoms with Crippen LogP contribution in [-0.4, -0.2) is 183 Å². The third-order valence-electron chi connectivity index (χ3n) is 20.9. The van der Waals surface area contributed by atoms with Crippen LogP contribution in [0.1, 0.15) is 140 Å². The van der Waals surface area contributed by atoms with Gasteiger partial charge in [0.05, 0.1) is 86.2 Å². The van der Waals surface area contributed by atoms with Crippen LogP contribution in [0.3, 0.4) is 0 Å². The van der Waals surface area contributed by atoms with Gasteiger partial charge >= 0.3 is 11.9 Å². The zero-order chi connectivity index (χ0) is 78.2. The van der Waals surface area contributed by atoms with Crippen molar-refractivity contribution >= 4 is 46.7 Å². The lowest BCUT2D eigenvalue weighted by atomic mass is 9.99. The molecule has 12 rings (SSSR count). The van der Waals surface area contributed by atoms with Crippen molar-refractivity contribution < 1.29 is 112 Å². The fraction of sp³-hybridized carbons (Fsp3) is 0.565. The summed E-state index contributed by atoms with van der Waals surface area (Å²) in [5.41, 5.74) is 2.85. The number of Topliss-reactive ketones (excluding diaryl/α,β-unsaturated/α-hetero) is 1. The van der Waals surface area contributed by atoms with E-state index in [1.807, 2.05) is 107 Å². The number of ether oxygens (including phenoxy) is 18. The molecule has 6 heterocycles. The van der Waals surface area contributed by atoms with E-state index < -0.39 is 166 Å². The maximum atomic E-state index is 13.9. The van der Waals surface area contributed by atoms with Gasteiger partial charge in [0.25, 0.3) is 10.1 Å². The summed E-state index contributed by atoms with van der Waals surface area (Å²) in [6.45, 7) is 20.8. The molecule has 22 atom stereocenters. The standard InChI is InChI=1S/C85H110O24SSi/c1-53(86)30-39-74(87)102-68-37-40-75(95-54(68)2)104-73-48-80(100-59(7)84(73)109-110(89,90)51-61-24-16-12-17-25-61)107-82-57(5)98-78(45-71(82)92-49-60-22-14-11-15-23-60)103-69-38-41-76(96-55(69)3)106-81-56(4)99-79(46-70(81)93-50-62-31-32-63-26-20-21-29-65(63)44-62)105-72-47-77(97-58(6)83(72)108-85(88)64-27-18-13-19-28-64)101-67-35-33-66(34-36-67)94-52-91-42-43-111(8,9)10/h11-29,31-36,44,54-59,68-73,75-84H,30,37-43,45-52H2,1-10H3/t54-,55-,56+,57+,58+,59+,68-,69-,70+,71+,72+,73+,75-,76-,77-,78-,79-,80-,81+,82+,83+,84+/m0/s1. The summed E-state index contributed by atoms with van der Waals surface area (Å²) in [4.78, 5) is 38.1. The van der Waals surface area contributed by atoms with E-state index in [9.17, 15) is 22.8 Å². The summed E-state index contributed by atoms with van der Waals surface area (Å²) < 4.78 is 152. The minimum atomic E-state index is -4.19. The number of esters is 2. The number of hydrogen-bond acceptors (Lipinski definition) is 24. The maximum Gasteiger partial charge on any atom is 0.338 e. The van der Waals surface area contributed by atoms with Gasteiger partial charge < -0.3 is 90.1 Å². The third-order valence-corrected chi connectivity index (χ3v) is 23.8. The van der Waals surface area contributed by atoms with Crippen molar-refractivity contribution in [1.82, 2.24) is 0 Å². The van der Waals surface area contributed by atoms with Crippen LogP contribution in [0.5, 0.6) is 11.5 Å². The third kappa shape index (κ3) is 24.7. The highest BCUT2D eigenvalue weighted by Crippen LogP contribution is 2.40. The lowest BCUT2D eigenvalue weighted by molar-refractivity contribution is -0.344.